The highest BCUT2D eigenvalue weighted by Crippen LogP contribution is 2.43. The summed E-state index contributed by atoms with van der Waals surface area (Å²) in [5.74, 6) is -2.47. The average molecular weight is 672 g/mol. The second kappa shape index (κ2) is 14.5. The summed E-state index contributed by atoms with van der Waals surface area (Å²) in [7, 11) is 0. The Balaban J connectivity index is 1.19. The number of hydrogen-bond donors (Lipinski definition) is 2. The van der Waals surface area contributed by atoms with Crippen molar-refractivity contribution in [1.29, 1.82) is 0 Å². The zero-order valence-electron chi connectivity index (χ0n) is 28.7. The molecule has 0 aromatic carbocycles. The number of aromatic nitrogens is 2. The van der Waals surface area contributed by atoms with Crippen molar-refractivity contribution in [1.82, 2.24) is 25.1 Å². The number of nitrogens with one attached hydrogen (secondary N) is 2. The number of halogens is 3. The standard InChI is InChI=1S/C37H52F3N5O3/c1-22-9-10-29(20-32(22)33-18-26-21-41-23(2)15-34(26)45(36(33)48)30-7-5-4-6-8-30)43-35(47)25-16-27(37(38,39)40)19-31(17-25)44-13-11-28(12-14-44)42-24(3)46/h15,18,21-22,25,27-32H,4-14,16-17,19-20H2,1-3H3,(H,42,46)(H,43,47). The van der Waals surface area contributed by atoms with Crippen LogP contribution in [0.1, 0.15) is 121 Å². The quantitative estimate of drug-likeness (QED) is 0.364. The molecule has 0 radical (unpaired) electrons. The van der Waals surface area contributed by atoms with Crippen LogP contribution in [-0.4, -0.2) is 63.7 Å². The Hall–Kier alpha value is -2.95. The summed E-state index contributed by atoms with van der Waals surface area (Å²) in [6, 6.07) is 3.68. The van der Waals surface area contributed by atoms with Crippen molar-refractivity contribution < 1.29 is 22.8 Å². The number of nitrogens with zero attached hydrogens (tertiary/aromatic N) is 3. The third-order valence-corrected chi connectivity index (χ3v) is 11.9. The van der Waals surface area contributed by atoms with E-state index in [1.807, 2.05) is 29.8 Å². The van der Waals surface area contributed by atoms with Gasteiger partial charge >= 0.3 is 6.18 Å². The van der Waals surface area contributed by atoms with Gasteiger partial charge in [0.25, 0.3) is 5.56 Å². The van der Waals surface area contributed by atoms with Gasteiger partial charge in [0.1, 0.15) is 0 Å². The molecule has 11 heteroatoms. The Labute approximate surface area is 281 Å². The van der Waals surface area contributed by atoms with Crippen molar-refractivity contribution in [3.05, 3.63) is 39.9 Å². The van der Waals surface area contributed by atoms with Gasteiger partial charge in [-0.2, -0.15) is 13.2 Å². The van der Waals surface area contributed by atoms with E-state index < -0.39 is 18.0 Å². The minimum Gasteiger partial charge on any atom is -0.354 e. The van der Waals surface area contributed by atoms with Crippen LogP contribution in [0.15, 0.2) is 23.1 Å². The van der Waals surface area contributed by atoms with Crippen molar-refractivity contribution in [3.63, 3.8) is 0 Å². The molecule has 6 rings (SSSR count). The lowest BCUT2D eigenvalue weighted by molar-refractivity contribution is -0.192. The second-order valence-electron chi connectivity index (χ2n) is 15.4. The Bertz CT molecular complexity index is 1530. The number of piperidine rings is 1. The van der Waals surface area contributed by atoms with Gasteiger partial charge in [0.2, 0.25) is 11.8 Å². The van der Waals surface area contributed by atoms with Gasteiger partial charge in [0.15, 0.2) is 0 Å². The number of hydrogen-bond acceptors (Lipinski definition) is 5. The van der Waals surface area contributed by atoms with E-state index in [9.17, 15) is 27.6 Å². The number of carbonyl (C=O) groups excluding carboxylic acids is 2. The maximum absolute atomic E-state index is 14.3. The van der Waals surface area contributed by atoms with Crippen LogP contribution in [0, 0.1) is 24.7 Å². The van der Waals surface area contributed by atoms with Crippen molar-refractivity contribution >= 4 is 22.7 Å². The molecule has 4 aliphatic rings. The van der Waals surface area contributed by atoms with Gasteiger partial charge in [-0.1, -0.05) is 26.2 Å². The minimum absolute atomic E-state index is 0.00468. The number of likely N-dealkylation sites (tertiary alicyclic amines) is 1. The monoisotopic (exact) mass is 671 g/mol. The Morgan fingerprint density at radius 1 is 0.875 bits per heavy atom. The number of fused-ring (bicyclic) bond motifs is 1. The first-order valence-electron chi connectivity index (χ1n) is 18.3. The molecule has 1 aliphatic heterocycles. The number of amides is 2. The van der Waals surface area contributed by atoms with Crippen molar-refractivity contribution in [3.8, 4) is 0 Å². The molecule has 1 saturated heterocycles. The molecule has 48 heavy (non-hydrogen) atoms. The fourth-order valence-corrected chi connectivity index (χ4v) is 9.29. The molecule has 2 aromatic heterocycles. The van der Waals surface area contributed by atoms with Gasteiger partial charge in [0, 0.05) is 72.9 Å². The van der Waals surface area contributed by atoms with E-state index in [0.717, 1.165) is 60.7 Å². The molecule has 0 bridgehead atoms. The molecule has 4 fully saturated rings. The molecule has 6 unspecified atom stereocenters. The molecule has 2 amide bonds. The van der Waals surface area contributed by atoms with E-state index in [1.165, 1.54) is 13.3 Å². The summed E-state index contributed by atoms with van der Waals surface area (Å²) in [6.45, 7) is 6.81. The Morgan fingerprint density at radius 3 is 2.29 bits per heavy atom. The molecule has 3 saturated carbocycles. The largest absolute Gasteiger partial charge is 0.391 e. The number of alkyl halides is 3. The van der Waals surface area contributed by atoms with Crippen LogP contribution >= 0.6 is 0 Å². The zero-order chi connectivity index (χ0) is 34.2. The summed E-state index contributed by atoms with van der Waals surface area (Å²) in [5.41, 5.74) is 2.62. The third kappa shape index (κ3) is 7.76. The SMILES string of the molecule is CC(=O)NC1CCN(C2CC(C(=O)NC3CCC(C)C(c4cc5cnc(C)cc5n(C5CCCCC5)c4=O)C3)CC(C(F)(F)F)C2)CC1. The van der Waals surface area contributed by atoms with Crippen LogP contribution in [0.3, 0.4) is 0 Å². The van der Waals surface area contributed by atoms with Gasteiger partial charge in [-0.25, -0.2) is 0 Å². The summed E-state index contributed by atoms with van der Waals surface area (Å²) in [6.07, 6.45) is 6.61. The highest BCUT2D eigenvalue weighted by atomic mass is 19.4. The fourth-order valence-electron chi connectivity index (χ4n) is 9.29. The number of rotatable bonds is 6. The van der Waals surface area contributed by atoms with Crippen molar-refractivity contribution in [2.45, 2.75) is 141 Å². The summed E-state index contributed by atoms with van der Waals surface area (Å²) >= 11 is 0. The summed E-state index contributed by atoms with van der Waals surface area (Å²) in [5, 5.41) is 7.06. The van der Waals surface area contributed by atoms with Gasteiger partial charge in [-0.15, -0.1) is 0 Å². The van der Waals surface area contributed by atoms with Gasteiger partial charge in [-0.3, -0.25) is 19.4 Å². The maximum atomic E-state index is 14.3. The normalized spacial score (nSPS) is 29.9. The molecule has 3 heterocycles. The van der Waals surface area contributed by atoms with E-state index in [4.69, 9.17) is 0 Å². The van der Waals surface area contributed by atoms with Gasteiger partial charge < -0.3 is 20.1 Å². The van der Waals surface area contributed by atoms with E-state index >= 15 is 0 Å². The predicted molar refractivity (Wildman–Crippen MR) is 180 cm³/mol. The molecule has 2 N–H and O–H groups in total. The lowest BCUT2D eigenvalue weighted by atomic mass is 9.73. The van der Waals surface area contributed by atoms with Crippen molar-refractivity contribution in [2.24, 2.45) is 17.8 Å². The van der Waals surface area contributed by atoms with Gasteiger partial charge in [-0.05, 0) is 95.1 Å². The molecule has 0 spiro atoms. The fraction of sp³-hybridized carbons (Fsp3) is 0.730. The van der Waals surface area contributed by atoms with E-state index in [1.54, 1.807) is 0 Å². The smallest absolute Gasteiger partial charge is 0.354 e. The Kier molecular flexibility index (Phi) is 10.5. The lowest BCUT2D eigenvalue weighted by Crippen LogP contribution is -2.53. The van der Waals surface area contributed by atoms with Crippen LogP contribution < -0.4 is 16.2 Å². The van der Waals surface area contributed by atoms with E-state index in [-0.39, 0.29) is 66.2 Å². The van der Waals surface area contributed by atoms with Crippen LogP contribution in [-0.2, 0) is 9.59 Å². The molecule has 6 atom stereocenters. The molecule has 264 valence electrons. The Morgan fingerprint density at radius 2 is 1.60 bits per heavy atom. The van der Waals surface area contributed by atoms with E-state index in [2.05, 4.69) is 27.4 Å². The summed E-state index contributed by atoms with van der Waals surface area (Å²) < 4.78 is 44.5. The van der Waals surface area contributed by atoms with Crippen LogP contribution in [0.25, 0.3) is 10.9 Å². The molecule has 8 nitrogen and oxygen atoms in total. The topological polar surface area (TPSA) is 96.3 Å². The third-order valence-electron chi connectivity index (χ3n) is 11.9. The van der Waals surface area contributed by atoms with Crippen LogP contribution in [0.2, 0.25) is 0 Å². The average Bonchev–Trinajstić information content (AvgIpc) is 3.05. The predicted octanol–water partition coefficient (Wildman–Crippen LogP) is 6.55. The maximum Gasteiger partial charge on any atom is 0.391 e. The minimum atomic E-state index is -4.36. The van der Waals surface area contributed by atoms with Gasteiger partial charge in [0.05, 0.1) is 11.4 Å². The number of carbonyl (C=O) groups is 2. The molecule has 2 aromatic rings. The zero-order valence-corrected chi connectivity index (χ0v) is 28.7. The first kappa shape index (κ1) is 34.9. The molecule has 3 aliphatic carbocycles. The first-order chi connectivity index (χ1) is 22.9. The van der Waals surface area contributed by atoms with Crippen LogP contribution in [0.4, 0.5) is 13.2 Å². The van der Waals surface area contributed by atoms with Crippen LogP contribution in [0.5, 0.6) is 0 Å². The number of aryl methyl sites for hydroxylation is 1. The number of pyridine rings is 2. The summed E-state index contributed by atoms with van der Waals surface area (Å²) in [4.78, 5) is 46.2. The first-order valence-corrected chi connectivity index (χ1v) is 18.3. The van der Waals surface area contributed by atoms with E-state index in [0.29, 0.717) is 38.8 Å². The second-order valence-corrected chi connectivity index (χ2v) is 15.4. The lowest BCUT2D eigenvalue weighted by Gasteiger charge is -2.44. The highest BCUT2D eigenvalue weighted by Gasteiger charge is 2.48. The highest BCUT2D eigenvalue weighted by molar-refractivity contribution is 5.80. The van der Waals surface area contributed by atoms with Crippen molar-refractivity contribution in [2.75, 3.05) is 13.1 Å². The molecular weight excluding hydrogens is 619 g/mol. The molecular formula is C37H52F3N5O3.